The standard InChI is InChI=1S/C18H28ClNO/c1-14(2)9-11-21-12-10-15(13-20-16-7-8-16)17-5-3-4-6-18(17)19/h3-6,14-16,20H,7-13H2,1-2H3. The maximum Gasteiger partial charge on any atom is 0.0472 e. The third-order valence-electron chi connectivity index (χ3n) is 4.03. The fourth-order valence-corrected chi connectivity index (χ4v) is 2.71. The van der Waals surface area contributed by atoms with Crippen molar-refractivity contribution in [3.8, 4) is 0 Å². The molecule has 1 aromatic rings. The van der Waals surface area contributed by atoms with Crippen LogP contribution >= 0.6 is 11.6 Å². The highest BCUT2D eigenvalue weighted by Gasteiger charge is 2.23. The highest BCUT2D eigenvalue weighted by molar-refractivity contribution is 6.31. The van der Waals surface area contributed by atoms with Gasteiger partial charge in [0.1, 0.15) is 0 Å². The molecule has 0 radical (unpaired) electrons. The monoisotopic (exact) mass is 309 g/mol. The number of hydrogen-bond donors (Lipinski definition) is 1. The van der Waals surface area contributed by atoms with Gasteiger partial charge in [-0.05, 0) is 43.2 Å². The Bertz CT molecular complexity index is 417. The minimum absolute atomic E-state index is 0.443. The number of halogens is 1. The van der Waals surface area contributed by atoms with E-state index in [9.17, 15) is 0 Å². The average Bonchev–Trinajstić information content (AvgIpc) is 3.26. The molecule has 0 heterocycles. The zero-order chi connectivity index (χ0) is 15.1. The van der Waals surface area contributed by atoms with Gasteiger partial charge in [-0.3, -0.25) is 0 Å². The summed E-state index contributed by atoms with van der Waals surface area (Å²) in [5.41, 5.74) is 1.25. The molecule has 0 saturated heterocycles. The first-order valence-corrected chi connectivity index (χ1v) is 8.60. The van der Waals surface area contributed by atoms with Gasteiger partial charge in [0.05, 0.1) is 0 Å². The van der Waals surface area contributed by atoms with Crippen LogP contribution in [0.3, 0.4) is 0 Å². The number of hydrogen-bond acceptors (Lipinski definition) is 2. The lowest BCUT2D eigenvalue weighted by molar-refractivity contribution is 0.116. The zero-order valence-electron chi connectivity index (χ0n) is 13.3. The Hall–Kier alpha value is -0.570. The molecule has 1 atom stereocenters. The second-order valence-electron chi connectivity index (χ2n) is 6.48. The van der Waals surface area contributed by atoms with Crippen LogP contribution < -0.4 is 5.32 Å². The van der Waals surface area contributed by atoms with Gasteiger partial charge in [0.15, 0.2) is 0 Å². The maximum absolute atomic E-state index is 6.36. The van der Waals surface area contributed by atoms with Gasteiger partial charge in [-0.25, -0.2) is 0 Å². The van der Waals surface area contributed by atoms with E-state index in [0.717, 1.165) is 43.7 Å². The van der Waals surface area contributed by atoms with Crippen LogP contribution in [0.15, 0.2) is 24.3 Å². The fraction of sp³-hybridized carbons (Fsp3) is 0.667. The van der Waals surface area contributed by atoms with Gasteiger partial charge in [-0.1, -0.05) is 43.6 Å². The maximum atomic E-state index is 6.36. The lowest BCUT2D eigenvalue weighted by atomic mass is 9.96. The summed E-state index contributed by atoms with van der Waals surface area (Å²) in [7, 11) is 0. The van der Waals surface area contributed by atoms with Crippen LogP contribution in [0.5, 0.6) is 0 Å². The summed E-state index contributed by atoms with van der Waals surface area (Å²) >= 11 is 6.36. The molecule has 1 saturated carbocycles. The number of benzene rings is 1. The summed E-state index contributed by atoms with van der Waals surface area (Å²) in [5.74, 6) is 1.15. The molecule has 1 unspecified atom stereocenters. The van der Waals surface area contributed by atoms with E-state index in [4.69, 9.17) is 16.3 Å². The van der Waals surface area contributed by atoms with Crippen molar-refractivity contribution >= 4 is 11.6 Å². The molecule has 1 N–H and O–H groups in total. The van der Waals surface area contributed by atoms with Gasteiger partial charge in [0.2, 0.25) is 0 Å². The van der Waals surface area contributed by atoms with Crippen molar-refractivity contribution in [1.82, 2.24) is 5.32 Å². The SMILES string of the molecule is CC(C)CCOCCC(CNC1CC1)c1ccccc1Cl. The van der Waals surface area contributed by atoms with Crippen LogP contribution in [0.4, 0.5) is 0 Å². The molecule has 1 aliphatic carbocycles. The predicted molar refractivity (Wildman–Crippen MR) is 90.1 cm³/mol. The van der Waals surface area contributed by atoms with E-state index < -0.39 is 0 Å². The Labute approximate surface area is 134 Å². The lowest BCUT2D eigenvalue weighted by Gasteiger charge is -2.19. The highest BCUT2D eigenvalue weighted by atomic mass is 35.5. The fourth-order valence-electron chi connectivity index (χ4n) is 2.42. The molecular weight excluding hydrogens is 282 g/mol. The largest absolute Gasteiger partial charge is 0.381 e. The number of nitrogens with one attached hydrogen (secondary N) is 1. The van der Waals surface area contributed by atoms with E-state index >= 15 is 0 Å². The molecule has 1 aliphatic rings. The molecule has 0 aliphatic heterocycles. The first-order chi connectivity index (χ1) is 10.2. The molecule has 0 aromatic heterocycles. The van der Waals surface area contributed by atoms with E-state index in [1.165, 1.54) is 18.4 Å². The first kappa shape index (κ1) is 16.8. The molecule has 21 heavy (non-hydrogen) atoms. The van der Waals surface area contributed by atoms with Crippen LogP contribution in [-0.2, 0) is 4.74 Å². The summed E-state index contributed by atoms with van der Waals surface area (Å²) in [6.07, 6.45) is 4.80. The minimum Gasteiger partial charge on any atom is -0.381 e. The summed E-state index contributed by atoms with van der Waals surface area (Å²) in [6.45, 7) is 7.14. The van der Waals surface area contributed by atoms with Gasteiger partial charge >= 0.3 is 0 Å². The minimum atomic E-state index is 0.443. The molecule has 2 rings (SSSR count). The highest BCUT2D eigenvalue weighted by Crippen LogP contribution is 2.28. The third-order valence-corrected chi connectivity index (χ3v) is 4.37. The van der Waals surface area contributed by atoms with Crippen molar-refractivity contribution in [2.45, 2.75) is 51.5 Å². The molecule has 1 aromatic carbocycles. The van der Waals surface area contributed by atoms with Crippen molar-refractivity contribution in [2.75, 3.05) is 19.8 Å². The topological polar surface area (TPSA) is 21.3 Å². The Morgan fingerprint density at radius 3 is 2.57 bits per heavy atom. The second kappa shape index (κ2) is 8.77. The van der Waals surface area contributed by atoms with Gasteiger partial charge in [0.25, 0.3) is 0 Å². The van der Waals surface area contributed by atoms with Gasteiger partial charge in [-0.15, -0.1) is 0 Å². The molecule has 1 fully saturated rings. The van der Waals surface area contributed by atoms with E-state index in [1.54, 1.807) is 0 Å². The molecular formula is C18H28ClNO. The Kier molecular flexibility index (Phi) is 7.01. The van der Waals surface area contributed by atoms with Crippen LogP contribution in [0.1, 0.15) is 51.0 Å². The summed E-state index contributed by atoms with van der Waals surface area (Å²) in [6, 6.07) is 8.94. The van der Waals surface area contributed by atoms with Crippen molar-refractivity contribution < 1.29 is 4.74 Å². The molecule has 0 bridgehead atoms. The van der Waals surface area contributed by atoms with Crippen LogP contribution in [0.25, 0.3) is 0 Å². The molecule has 118 valence electrons. The predicted octanol–water partition coefficient (Wildman–Crippen LogP) is 4.63. The number of rotatable bonds is 10. The van der Waals surface area contributed by atoms with Gasteiger partial charge in [0, 0.05) is 36.7 Å². The van der Waals surface area contributed by atoms with Gasteiger partial charge < -0.3 is 10.1 Å². The third kappa shape index (κ3) is 6.37. The van der Waals surface area contributed by atoms with Crippen LogP contribution in [-0.4, -0.2) is 25.8 Å². The Morgan fingerprint density at radius 1 is 1.19 bits per heavy atom. The molecule has 0 spiro atoms. The zero-order valence-corrected chi connectivity index (χ0v) is 14.0. The molecule has 2 nitrogen and oxygen atoms in total. The van der Waals surface area contributed by atoms with E-state index in [2.05, 4.69) is 31.3 Å². The normalized spacial score (nSPS) is 16.4. The smallest absolute Gasteiger partial charge is 0.0472 e. The second-order valence-corrected chi connectivity index (χ2v) is 6.89. The van der Waals surface area contributed by atoms with Crippen molar-refractivity contribution in [1.29, 1.82) is 0 Å². The first-order valence-electron chi connectivity index (χ1n) is 8.22. The van der Waals surface area contributed by atoms with Crippen molar-refractivity contribution in [2.24, 2.45) is 5.92 Å². The summed E-state index contributed by atoms with van der Waals surface area (Å²) in [4.78, 5) is 0. The number of ether oxygens (including phenoxy) is 1. The van der Waals surface area contributed by atoms with Crippen LogP contribution in [0, 0.1) is 5.92 Å². The average molecular weight is 310 g/mol. The quantitative estimate of drug-likeness (QED) is 0.636. The Morgan fingerprint density at radius 2 is 1.90 bits per heavy atom. The molecule has 3 heteroatoms. The lowest BCUT2D eigenvalue weighted by Crippen LogP contribution is -2.24. The molecule has 0 amide bonds. The van der Waals surface area contributed by atoms with Crippen molar-refractivity contribution in [3.05, 3.63) is 34.9 Å². The van der Waals surface area contributed by atoms with E-state index in [-0.39, 0.29) is 0 Å². The summed E-state index contributed by atoms with van der Waals surface area (Å²) < 4.78 is 5.79. The van der Waals surface area contributed by atoms with Gasteiger partial charge in [-0.2, -0.15) is 0 Å². The Balaban J connectivity index is 1.81. The van der Waals surface area contributed by atoms with E-state index in [0.29, 0.717) is 11.8 Å². The summed E-state index contributed by atoms with van der Waals surface area (Å²) in [5, 5.41) is 4.50. The van der Waals surface area contributed by atoms with Crippen molar-refractivity contribution in [3.63, 3.8) is 0 Å². The van der Waals surface area contributed by atoms with Crippen LogP contribution in [0.2, 0.25) is 5.02 Å². The van der Waals surface area contributed by atoms with E-state index in [1.807, 2.05) is 12.1 Å².